The Balaban J connectivity index is 1.96. The molecule has 0 aliphatic heterocycles. The fourth-order valence-electron chi connectivity index (χ4n) is 1.06. The van der Waals surface area contributed by atoms with E-state index in [2.05, 4.69) is 34.7 Å². The molecule has 0 radical (unpaired) electrons. The third kappa shape index (κ3) is 4.65. The van der Waals surface area contributed by atoms with Gasteiger partial charge < -0.3 is 10.6 Å². The third-order valence-electron chi connectivity index (χ3n) is 1.73. The summed E-state index contributed by atoms with van der Waals surface area (Å²) in [7, 11) is 0. The summed E-state index contributed by atoms with van der Waals surface area (Å²) < 4.78 is 0. The maximum atomic E-state index is 3.87. The zero-order chi connectivity index (χ0) is 9.52. The lowest BCUT2D eigenvalue weighted by atomic mass is 10.4. The second kappa shape index (κ2) is 5.72. The van der Waals surface area contributed by atoms with Crippen molar-refractivity contribution in [2.24, 2.45) is 0 Å². The Morgan fingerprint density at radius 2 is 2.31 bits per heavy atom. The van der Waals surface area contributed by atoms with Crippen molar-refractivity contribution < 1.29 is 0 Å². The Morgan fingerprint density at radius 1 is 1.46 bits per heavy atom. The molecule has 74 valence electrons. The highest BCUT2D eigenvalue weighted by Crippen LogP contribution is 1.88. The van der Waals surface area contributed by atoms with Crippen LogP contribution in [0.15, 0.2) is 12.3 Å². The third-order valence-corrected chi connectivity index (χ3v) is 1.73. The fraction of sp³-hybridized carbons (Fsp3) is 0.667. The standard InChI is InChI=1S/C9H18N4/c1-8(2)11-6-5-10-7-9-3-4-12-13-9/h3-4,8,10-11H,5-7H2,1-2H3,(H,12,13). The molecule has 0 aliphatic carbocycles. The van der Waals surface area contributed by atoms with Gasteiger partial charge in [-0.25, -0.2) is 0 Å². The zero-order valence-electron chi connectivity index (χ0n) is 8.30. The van der Waals surface area contributed by atoms with Crippen molar-refractivity contribution in [2.75, 3.05) is 13.1 Å². The molecule has 13 heavy (non-hydrogen) atoms. The molecule has 4 heteroatoms. The zero-order valence-corrected chi connectivity index (χ0v) is 8.30. The van der Waals surface area contributed by atoms with Crippen molar-refractivity contribution in [1.82, 2.24) is 20.8 Å². The summed E-state index contributed by atoms with van der Waals surface area (Å²) >= 11 is 0. The topological polar surface area (TPSA) is 52.7 Å². The summed E-state index contributed by atoms with van der Waals surface area (Å²) in [5.74, 6) is 0. The minimum absolute atomic E-state index is 0.564. The summed E-state index contributed by atoms with van der Waals surface area (Å²) in [6, 6.07) is 2.54. The van der Waals surface area contributed by atoms with Crippen molar-refractivity contribution in [2.45, 2.75) is 26.4 Å². The van der Waals surface area contributed by atoms with Crippen molar-refractivity contribution in [3.63, 3.8) is 0 Å². The van der Waals surface area contributed by atoms with Crippen LogP contribution in [0.5, 0.6) is 0 Å². The van der Waals surface area contributed by atoms with Crippen molar-refractivity contribution in [3.05, 3.63) is 18.0 Å². The normalized spacial score (nSPS) is 11.0. The van der Waals surface area contributed by atoms with Gasteiger partial charge in [0, 0.05) is 37.6 Å². The van der Waals surface area contributed by atoms with Crippen LogP contribution in [0.1, 0.15) is 19.5 Å². The molecule has 0 fully saturated rings. The van der Waals surface area contributed by atoms with E-state index in [0.29, 0.717) is 6.04 Å². The molecule has 1 rings (SSSR count). The van der Waals surface area contributed by atoms with E-state index in [-0.39, 0.29) is 0 Å². The SMILES string of the molecule is CC(C)NCCNCc1ccn[nH]1. The summed E-state index contributed by atoms with van der Waals surface area (Å²) in [4.78, 5) is 0. The summed E-state index contributed by atoms with van der Waals surface area (Å²) in [5, 5.41) is 13.4. The number of hydrogen-bond acceptors (Lipinski definition) is 3. The predicted molar refractivity (Wildman–Crippen MR) is 53.4 cm³/mol. The number of nitrogens with one attached hydrogen (secondary N) is 3. The van der Waals surface area contributed by atoms with Gasteiger partial charge in [-0.15, -0.1) is 0 Å². The van der Waals surface area contributed by atoms with Crippen LogP contribution in [-0.4, -0.2) is 29.3 Å². The molecular weight excluding hydrogens is 164 g/mol. The molecule has 0 spiro atoms. The van der Waals surface area contributed by atoms with Gasteiger partial charge in [0.15, 0.2) is 0 Å². The second-order valence-electron chi connectivity index (χ2n) is 3.37. The molecule has 1 aromatic heterocycles. The number of hydrogen-bond donors (Lipinski definition) is 3. The number of aromatic nitrogens is 2. The Kier molecular flexibility index (Phi) is 4.49. The van der Waals surface area contributed by atoms with Crippen LogP contribution in [0.4, 0.5) is 0 Å². The molecule has 0 saturated heterocycles. The monoisotopic (exact) mass is 182 g/mol. The van der Waals surface area contributed by atoms with Gasteiger partial charge >= 0.3 is 0 Å². The fourth-order valence-corrected chi connectivity index (χ4v) is 1.06. The number of H-pyrrole nitrogens is 1. The van der Waals surface area contributed by atoms with E-state index in [1.54, 1.807) is 6.20 Å². The maximum Gasteiger partial charge on any atom is 0.0490 e. The Hall–Kier alpha value is -0.870. The summed E-state index contributed by atoms with van der Waals surface area (Å²) in [5.41, 5.74) is 1.13. The van der Waals surface area contributed by atoms with Gasteiger partial charge in [-0.3, -0.25) is 5.10 Å². The lowest BCUT2D eigenvalue weighted by molar-refractivity contribution is 0.553. The van der Waals surface area contributed by atoms with E-state index in [1.807, 2.05) is 6.07 Å². The average molecular weight is 182 g/mol. The van der Waals surface area contributed by atoms with Crippen LogP contribution < -0.4 is 10.6 Å². The molecule has 0 amide bonds. The predicted octanol–water partition coefficient (Wildman–Crippen LogP) is 0.497. The second-order valence-corrected chi connectivity index (χ2v) is 3.37. The van der Waals surface area contributed by atoms with E-state index >= 15 is 0 Å². The first kappa shape index (κ1) is 10.2. The molecule has 0 bridgehead atoms. The highest BCUT2D eigenvalue weighted by Gasteiger charge is 1.93. The molecule has 0 saturated carbocycles. The smallest absolute Gasteiger partial charge is 0.0490 e. The molecule has 0 aliphatic rings. The van der Waals surface area contributed by atoms with Crippen LogP contribution in [0.3, 0.4) is 0 Å². The van der Waals surface area contributed by atoms with Gasteiger partial charge in [0.1, 0.15) is 0 Å². The van der Waals surface area contributed by atoms with Gasteiger partial charge in [0.25, 0.3) is 0 Å². The highest BCUT2D eigenvalue weighted by molar-refractivity contribution is 4.96. The van der Waals surface area contributed by atoms with Gasteiger partial charge in [-0.05, 0) is 6.07 Å². The maximum absolute atomic E-state index is 3.87. The Morgan fingerprint density at radius 3 is 2.92 bits per heavy atom. The van der Waals surface area contributed by atoms with Crippen LogP contribution >= 0.6 is 0 Å². The quantitative estimate of drug-likeness (QED) is 0.561. The van der Waals surface area contributed by atoms with E-state index in [9.17, 15) is 0 Å². The Bertz CT molecular complexity index is 205. The van der Waals surface area contributed by atoms with E-state index in [4.69, 9.17) is 0 Å². The molecule has 0 aromatic carbocycles. The molecule has 0 atom stereocenters. The van der Waals surface area contributed by atoms with E-state index < -0.39 is 0 Å². The first-order valence-electron chi connectivity index (χ1n) is 4.71. The van der Waals surface area contributed by atoms with Crippen molar-refractivity contribution in [1.29, 1.82) is 0 Å². The molecular formula is C9H18N4. The largest absolute Gasteiger partial charge is 0.313 e. The summed E-state index contributed by atoms with van der Waals surface area (Å²) in [6.07, 6.45) is 1.77. The van der Waals surface area contributed by atoms with Crippen LogP contribution in [0.2, 0.25) is 0 Å². The molecule has 1 aromatic rings. The minimum Gasteiger partial charge on any atom is -0.313 e. The van der Waals surface area contributed by atoms with Crippen LogP contribution in [-0.2, 0) is 6.54 Å². The van der Waals surface area contributed by atoms with E-state index in [0.717, 1.165) is 25.3 Å². The van der Waals surface area contributed by atoms with Gasteiger partial charge in [-0.2, -0.15) is 5.10 Å². The van der Waals surface area contributed by atoms with Gasteiger partial charge in [-0.1, -0.05) is 13.8 Å². The average Bonchev–Trinajstić information content (AvgIpc) is 2.55. The number of rotatable bonds is 6. The summed E-state index contributed by atoms with van der Waals surface area (Å²) in [6.45, 7) is 7.15. The molecule has 0 unspecified atom stereocenters. The van der Waals surface area contributed by atoms with Crippen LogP contribution in [0, 0.1) is 0 Å². The molecule has 1 heterocycles. The molecule has 4 nitrogen and oxygen atoms in total. The highest BCUT2D eigenvalue weighted by atomic mass is 15.1. The van der Waals surface area contributed by atoms with E-state index in [1.165, 1.54) is 0 Å². The Labute approximate surface area is 79.1 Å². The van der Waals surface area contributed by atoms with Gasteiger partial charge in [0.05, 0.1) is 0 Å². The number of nitrogens with zero attached hydrogens (tertiary/aromatic N) is 1. The lowest BCUT2D eigenvalue weighted by Crippen LogP contribution is -2.31. The van der Waals surface area contributed by atoms with Crippen molar-refractivity contribution >= 4 is 0 Å². The lowest BCUT2D eigenvalue weighted by Gasteiger charge is -2.07. The molecule has 3 N–H and O–H groups in total. The van der Waals surface area contributed by atoms with Crippen molar-refractivity contribution in [3.8, 4) is 0 Å². The number of aromatic amines is 1. The first-order valence-corrected chi connectivity index (χ1v) is 4.71. The van der Waals surface area contributed by atoms with Crippen LogP contribution in [0.25, 0.3) is 0 Å². The van der Waals surface area contributed by atoms with Gasteiger partial charge in [0.2, 0.25) is 0 Å². The minimum atomic E-state index is 0.564. The first-order chi connectivity index (χ1) is 6.29.